The Labute approximate surface area is 158 Å². The van der Waals surface area contributed by atoms with Crippen molar-refractivity contribution in [3.63, 3.8) is 0 Å². The normalized spacial score (nSPS) is 18.5. The van der Waals surface area contributed by atoms with Gasteiger partial charge in [0.1, 0.15) is 0 Å². The summed E-state index contributed by atoms with van der Waals surface area (Å²) in [5.41, 5.74) is 0.524. The smallest absolute Gasteiger partial charge is 0.317 e. The molecular formula is C19H25N3O3S. The van der Waals surface area contributed by atoms with Gasteiger partial charge in [-0.15, -0.1) is 0 Å². The van der Waals surface area contributed by atoms with Crippen molar-refractivity contribution in [3.8, 4) is 0 Å². The van der Waals surface area contributed by atoms with Gasteiger partial charge in [0.2, 0.25) is 5.12 Å². The van der Waals surface area contributed by atoms with Gasteiger partial charge in [0.15, 0.2) is 0 Å². The van der Waals surface area contributed by atoms with Crippen molar-refractivity contribution in [2.24, 2.45) is 0 Å². The van der Waals surface area contributed by atoms with E-state index >= 15 is 0 Å². The van der Waals surface area contributed by atoms with E-state index in [0.717, 1.165) is 24.6 Å². The fourth-order valence-corrected chi connectivity index (χ4v) is 4.11. The van der Waals surface area contributed by atoms with Crippen molar-refractivity contribution >= 4 is 28.1 Å². The van der Waals surface area contributed by atoms with E-state index in [-0.39, 0.29) is 22.4 Å². The highest BCUT2D eigenvalue weighted by Crippen LogP contribution is 2.19. The zero-order valence-electron chi connectivity index (χ0n) is 14.9. The summed E-state index contributed by atoms with van der Waals surface area (Å²) < 4.78 is 0. The number of rotatable bonds is 2. The lowest BCUT2D eigenvalue weighted by atomic mass is 9.96. The van der Waals surface area contributed by atoms with E-state index in [1.165, 1.54) is 19.3 Å². The first-order valence-corrected chi connectivity index (χ1v) is 10.1. The number of thioether (sulfide) groups is 1. The van der Waals surface area contributed by atoms with Crippen LogP contribution in [0.3, 0.4) is 0 Å². The molecule has 1 aromatic carbocycles. The number of piperazine rings is 1. The Bertz CT molecular complexity index is 639. The molecule has 2 fully saturated rings. The van der Waals surface area contributed by atoms with Crippen molar-refractivity contribution in [1.29, 1.82) is 0 Å². The van der Waals surface area contributed by atoms with Crippen molar-refractivity contribution < 1.29 is 14.4 Å². The Balaban J connectivity index is 1.43. The van der Waals surface area contributed by atoms with E-state index in [1.54, 1.807) is 34.1 Å². The highest BCUT2D eigenvalue weighted by Gasteiger charge is 2.27. The van der Waals surface area contributed by atoms with E-state index < -0.39 is 0 Å². The van der Waals surface area contributed by atoms with Crippen LogP contribution in [0.25, 0.3) is 0 Å². The van der Waals surface area contributed by atoms with Crippen LogP contribution in [0.5, 0.6) is 0 Å². The number of carbonyl (C=O) groups is 3. The summed E-state index contributed by atoms with van der Waals surface area (Å²) in [6.07, 6.45) is 5.73. The van der Waals surface area contributed by atoms with Gasteiger partial charge in [0.25, 0.3) is 5.24 Å². The molecule has 1 heterocycles. The van der Waals surface area contributed by atoms with Crippen LogP contribution < -0.4 is 5.32 Å². The first-order valence-electron chi connectivity index (χ1n) is 9.25. The Hall–Kier alpha value is -2.02. The summed E-state index contributed by atoms with van der Waals surface area (Å²) in [5.74, 6) is 0. The first kappa shape index (κ1) is 18.8. The van der Waals surface area contributed by atoms with Crippen molar-refractivity contribution in [2.45, 2.75) is 38.1 Å². The van der Waals surface area contributed by atoms with Crippen molar-refractivity contribution in [3.05, 3.63) is 35.9 Å². The maximum Gasteiger partial charge on any atom is 0.317 e. The minimum atomic E-state index is -0.244. The number of hydrogen-bond donors (Lipinski definition) is 1. The fraction of sp³-hybridized carbons (Fsp3) is 0.526. The SMILES string of the molecule is O=C(SC(=O)N1CCN(C(=O)NC2CCCCC2)CC1)c1ccccc1. The van der Waals surface area contributed by atoms with Crippen LogP contribution in [-0.2, 0) is 0 Å². The minimum Gasteiger partial charge on any atom is -0.335 e. The molecule has 3 amide bonds. The predicted molar refractivity (Wildman–Crippen MR) is 102 cm³/mol. The molecule has 1 aliphatic carbocycles. The van der Waals surface area contributed by atoms with Crippen LogP contribution in [0, 0.1) is 0 Å². The Morgan fingerprint density at radius 2 is 1.50 bits per heavy atom. The highest BCUT2D eigenvalue weighted by atomic mass is 32.2. The quantitative estimate of drug-likeness (QED) is 0.861. The van der Waals surface area contributed by atoms with E-state index in [0.29, 0.717) is 31.7 Å². The Morgan fingerprint density at radius 3 is 2.15 bits per heavy atom. The summed E-state index contributed by atoms with van der Waals surface area (Å²) in [4.78, 5) is 40.2. The molecule has 1 N–H and O–H groups in total. The van der Waals surface area contributed by atoms with E-state index in [9.17, 15) is 14.4 Å². The van der Waals surface area contributed by atoms with Crippen LogP contribution >= 0.6 is 11.8 Å². The lowest BCUT2D eigenvalue weighted by molar-refractivity contribution is 0.108. The zero-order chi connectivity index (χ0) is 18.4. The molecule has 140 valence electrons. The van der Waals surface area contributed by atoms with Gasteiger partial charge < -0.3 is 15.1 Å². The van der Waals surface area contributed by atoms with E-state index in [4.69, 9.17) is 0 Å². The molecule has 2 aliphatic rings. The molecule has 3 rings (SSSR count). The average molecular weight is 375 g/mol. The summed E-state index contributed by atoms with van der Waals surface area (Å²) in [6, 6.07) is 9.06. The number of nitrogens with zero attached hydrogens (tertiary/aromatic N) is 2. The molecular weight excluding hydrogens is 350 g/mol. The minimum absolute atomic E-state index is 0.0305. The van der Waals surface area contributed by atoms with Crippen LogP contribution in [0.1, 0.15) is 42.5 Å². The van der Waals surface area contributed by atoms with Gasteiger partial charge in [0, 0.05) is 49.5 Å². The van der Waals surface area contributed by atoms with Gasteiger partial charge in [-0.25, -0.2) is 4.79 Å². The molecule has 26 heavy (non-hydrogen) atoms. The van der Waals surface area contributed by atoms with Crippen molar-refractivity contribution in [2.75, 3.05) is 26.2 Å². The largest absolute Gasteiger partial charge is 0.335 e. The molecule has 0 atom stereocenters. The van der Waals surface area contributed by atoms with Crippen LogP contribution in [0.2, 0.25) is 0 Å². The number of benzene rings is 1. The van der Waals surface area contributed by atoms with Crippen LogP contribution in [0.4, 0.5) is 9.59 Å². The summed E-state index contributed by atoms with van der Waals surface area (Å²) >= 11 is 0.726. The maximum atomic E-state index is 12.4. The number of urea groups is 1. The summed E-state index contributed by atoms with van der Waals surface area (Å²) in [7, 11) is 0. The standard InChI is InChI=1S/C19H25N3O3S/c23-17(15-7-3-1-4-8-15)26-19(25)22-13-11-21(12-14-22)18(24)20-16-9-5-2-6-10-16/h1,3-4,7-8,16H,2,5-6,9-14H2,(H,20,24). The third-order valence-electron chi connectivity index (χ3n) is 4.95. The van der Waals surface area contributed by atoms with Gasteiger partial charge in [-0.3, -0.25) is 9.59 Å². The molecule has 1 aromatic rings. The molecule has 0 bridgehead atoms. The fourth-order valence-electron chi connectivity index (χ4n) is 3.38. The van der Waals surface area contributed by atoms with Crippen molar-refractivity contribution in [1.82, 2.24) is 15.1 Å². The molecule has 1 saturated heterocycles. The maximum absolute atomic E-state index is 12.4. The number of hydrogen-bond acceptors (Lipinski definition) is 4. The van der Waals surface area contributed by atoms with E-state index in [1.807, 2.05) is 6.07 Å². The molecule has 6 nitrogen and oxygen atoms in total. The second kappa shape index (κ2) is 9.07. The first-order chi connectivity index (χ1) is 12.6. The highest BCUT2D eigenvalue weighted by molar-refractivity contribution is 8.26. The third kappa shape index (κ3) is 5.00. The van der Waals surface area contributed by atoms with Crippen LogP contribution in [-0.4, -0.2) is 58.4 Å². The monoisotopic (exact) mass is 375 g/mol. The van der Waals surface area contributed by atoms with Gasteiger partial charge in [0.05, 0.1) is 0 Å². The van der Waals surface area contributed by atoms with Gasteiger partial charge in [-0.2, -0.15) is 0 Å². The lowest BCUT2D eigenvalue weighted by Gasteiger charge is -2.35. The Morgan fingerprint density at radius 1 is 0.885 bits per heavy atom. The summed E-state index contributed by atoms with van der Waals surface area (Å²) in [6.45, 7) is 1.94. The molecule has 1 aliphatic heterocycles. The molecule has 0 spiro atoms. The van der Waals surface area contributed by atoms with Gasteiger partial charge in [-0.1, -0.05) is 49.6 Å². The number of amides is 3. The predicted octanol–water partition coefficient (Wildman–Crippen LogP) is 3.34. The molecule has 7 heteroatoms. The number of carbonyl (C=O) groups excluding carboxylic acids is 3. The van der Waals surface area contributed by atoms with Gasteiger partial charge >= 0.3 is 6.03 Å². The van der Waals surface area contributed by atoms with Crippen LogP contribution in [0.15, 0.2) is 30.3 Å². The average Bonchev–Trinajstić information content (AvgIpc) is 2.69. The second-order valence-corrected chi connectivity index (χ2v) is 7.70. The zero-order valence-corrected chi connectivity index (χ0v) is 15.7. The number of nitrogens with one attached hydrogen (secondary N) is 1. The molecule has 0 unspecified atom stereocenters. The topological polar surface area (TPSA) is 69.7 Å². The van der Waals surface area contributed by atoms with E-state index in [2.05, 4.69) is 5.32 Å². The molecule has 1 saturated carbocycles. The van der Waals surface area contributed by atoms with Gasteiger partial charge in [-0.05, 0) is 12.8 Å². The Kier molecular flexibility index (Phi) is 6.55. The third-order valence-corrected chi connectivity index (χ3v) is 5.80. The second-order valence-electron chi connectivity index (χ2n) is 6.78. The lowest BCUT2D eigenvalue weighted by Crippen LogP contribution is -2.54. The summed E-state index contributed by atoms with van der Waals surface area (Å²) in [5, 5.41) is 2.62. The molecule has 0 radical (unpaired) electrons. The molecule has 0 aromatic heterocycles.